The Bertz CT molecular complexity index is 423. The molecule has 0 spiro atoms. The SMILES string of the molecule is O=C1CN(c2ccc(C3CCCN3)cc2)CCN1. The number of hydrogen-bond donors (Lipinski definition) is 2. The molecule has 0 saturated carbocycles. The Labute approximate surface area is 107 Å². The van der Waals surface area contributed by atoms with E-state index in [0.29, 0.717) is 12.6 Å². The van der Waals surface area contributed by atoms with Crippen molar-refractivity contribution in [2.75, 3.05) is 31.1 Å². The molecule has 2 fully saturated rings. The Hall–Kier alpha value is -1.55. The van der Waals surface area contributed by atoms with Crippen LogP contribution in [-0.4, -0.2) is 32.1 Å². The fourth-order valence-electron chi connectivity index (χ4n) is 2.75. The number of amides is 1. The number of rotatable bonds is 2. The highest BCUT2D eigenvalue weighted by Crippen LogP contribution is 2.25. The van der Waals surface area contributed by atoms with Gasteiger partial charge in [0.1, 0.15) is 0 Å². The largest absolute Gasteiger partial charge is 0.360 e. The normalized spacial score (nSPS) is 24.1. The molecule has 2 heterocycles. The summed E-state index contributed by atoms with van der Waals surface area (Å²) in [5, 5.41) is 6.35. The third-order valence-electron chi connectivity index (χ3n) is 3.76. The number of nitrogens with zero attached hydrogens (tertiary/aromatic N) is 1. The molecule has 1 atom stereocenters. The van der Waals surface area contributed by atoms with Crippen LogP contribution in [0.15, 0.2) is 24.3 Å². The van der Waals surface area contributed by atoms with Crippen molar-refractivity contribution in [1.82, 2.24) is 10.6 Å². The summed E-state index contributed by atoms with van der Waals surface area (Å²) in [4.78, 5) is 13.5. The number of nitrogens with one attached hydrogen (secondary N) is 2. The Morgan fingerprint density at radius 1 is 1.17 bits per heavy atom. The molecule has 96 valence electrons. The van der Waals surface area contributed by atoms with Crippen LogP contribution in [0.4, 0.5) is 5.69 Å². The number of benzene rings is 1. The van der Waals surface area contributed by atoms with Crippen LogP contribution >= 0.6 is 0 Å². The Morgan fingerprint density at radius 2 is 2.00 bits per heavy atom. The molecule has 1 aromatic carbocycles. The molecular weight excluding hydrogens is 226 g/mol. The molecule has 0 radical (unpaired) electrons. The minimum atomic E-state index is 0.114. The van der Waals surface area contributed by atoms with Gasteiger partial charge in [0.15, 0.2) is 0 Å². The highest BCUT2D eigenvalue weighted by atomic mass is 16.2. The molecule has 2 N–H and O–H groups in total. The molecule has 2 aliphatic rings. The molecule has 0 bridgehead atoms. The van der Waals surface area contributed by atoms with Crippen LogP contribution in [0.2, 0.25) is 0 Å². The lowest BCUT2D eigenvalue weighted by molar-refractivity contribution is -0.120. The van der Waals surface area contributed by atoms with Gasteiger partial charge in [-0.3, -0.25) is 4.79 Å². The van der Waals surface area contributed by atoms with Crippen molar-refractivity contribution in [2.24, 2.45) is 0 Å². The predicted molar refractivity (Wildman–Crippen MR) is 71.6 cm³/mol. The van der Waals surface area contributed by atoms with Gasteiger partial charge in [-0.2, -0.15) is 0 Å². The zero-order chi connectivity index (χ0) is 12.4. The van der Waals surface area contributed by atoms with Crippen LogP contribution in [0.3, 0.4) is 0 Å². The molecule has 0 aromatic heterocycles. The summed E-state index contributed by atoms with van der Waals surface area (Å²) in [5.74, 6) is 0.114. The van der Waals surface area contributed by atoms with Crippen LogP contribution in [0.5, 0.6) is 0 Å². The van der Waals surface area contributed by atoms with Crippen molar-refractivity contribution >= 4 is 11.6 Å². The average molecular weight is 245 g/mol. The fourth-order valence-corrected chi connectivity index (χ4v) is 2.75. The van der Waals surface area contributed by atoms with Crippen LogP contribution < -0.4 is 15.5 Å². The first-order valence-corrected chi connectivity index (χ1v) is 6.68. The zero-order valence-electron chi connectivity index (χ0n) is 10.5. The Morgan fingerprint density at radius 3 is 2.67 bits per heavy atom. The molecule has 2 aliphatic heterocycles. The summed E-state index contributed by atoms with van der Waals surface area (Å²) >= 11 is 0. The fraction of sp³-hybridized carbons (Fsp3) is 0.500. The minimum absolute atomic E-state index is 0.114. The standard InChI is InChI=1S/C14H19N3O/c18-14-10-17(9-8-16-14)12-5-3-11(4-6-12)13-2-1-7-15-13/h3-6,13,15H,1-2,7-10H2,(H,16,18). The number of carbonyl (C=O) groups excluding carboxylic acids is 1. The molecular formula is C14H19N3O. The van der Waals surface area contributed by atoms with E-state index in [1.807, 2.05) is 0 Å². The Balaban J connectivity index is 1.71. The molecule has 0 aliphatic carbocycles. The average Bonchev–Trinajstić information content (AvgIpc) is 2.93. The molecule has 2 saturated heterocycles. The number of carbonyl (C=O) groups is 1. The second kappa shape index (κ2) is 4.98. The molecule has 1 amide bonds. The number of hydrogen-bond acceptors (Lipinski definition) is 3. The lowest BCUT2D eigenvalue weighted by atomic mass is 10.0. The lowest BCUT2D eigenvalue weighted by Crippen LogP contribution is -2.47. The van der Waals surface area contributed by atoms with Crippen LogP contribution in [0, 0.1) is 0 Å². The molecule has 1 unspecified atom stereocenters. The molecule has 18 heavy (non-hydrogen) atoms. The zero-order valence-corrected chi connectivity index (χ0v) is 10.5. The topological polar surface area (TPSA) is 44.4 Å². The van der Waals surface area contributed by atoms with Crippen LogP contribution in [-0.2, 0) is 4.79 Å². The highest BCUT2D eigenvalue weighted by molar-refractivity contribution is 5.82. The van der Waals surface area contributed by atoms with Crippen molar-refractivity contribution in [1.29, 1.82) is 0 Å². The third-order valence-corrected chi connectivity index (χ3v) is 3.76. The van der Waals surface area contributed by atoms with E-state index in [0.717, 1.165) is 25.3 Å². The van der Waals surface area contributed by atoms with Gasteiger partial charge in [-0.1, -0.05) is 12.1 Å². The summed E-state index contributed by atoms with van der Waals surface area (Å²) < 4.78 is 0. The first-order valence-electron chi connectivity index (χ1n) is 6.68. The maximum absolute atomic E-state index is 11.4. The molecule has 4 nitrogen and oxygen atoms in total. The van der Waals surface area contributed by atoms with Crippen LogP contribution in [0.25, 0.3) is 0 Å². The Kier molecular flexibility index (Phi) is 3.19. The molecule has 4 heteroatoms. The second-order valence-corrected chi connectivity index (χ2v) is 5.01. The van der Waals surface area contributed by atoms with Gasteiger partial charge in [0.05, 0.1) is 6.54 Å². The van der Waals surface area contributed by atoms with Gasteiger partial charge in [-0.15, -0.1) is 0 Å². The van der Waals surface area contributed by atoms with E-state index in [9.17, 15) is 4.79 Å². The van der Waals surface area contributed by atoms with Crippen molar-refractivity contribution in [2.45, 2.75) is 18.9 Å². The predicted octanol–water partition coefficient (Wildman–Crippen LogP) is 1.05. The van der Waals surface area contributed by atoms with Crippen molar-refractivity contribution in [3.8, 4) is 0 Å². The summed E-state index contributed by atoms with van der Waals surface area (Å²) in [6.07, 6.45) is 2.49. The second-order valence-electron chi connectivity index (χ2n) is 5.01. The van der Waals surface area contributed by atoms with E-state index in [4.69, 9.17) is 0 Å². The smallest absolute Gasteiger partial charge is 0.239 e. The third kappa shape index (κ3) is 2.34. The van der Waals surface area contributed by atoms with E-state index in [-0.39, 0.29) is 5.91 Å². The number of anilines is 1. The van der Waals surface area contributed by atoms with Gasteiger partial charge in [0.2, 0.25) is 5.91 Å². The van der Waals surface area contributed by atoms with Gasteiger partial charge in [-0.25, -0.2) is 0 Å². The van der Waals surface area contributed by atoms with E-state index in [1.54, 1.807) is 0 Å². The summed E-state index contributed by atoms with van der Waals surface area (Å²) in [5.41, 5.74) is 2.50. The van der Waals surface area contributed by atoms with Gasteiger partial charge >= 0.3 is 0 Å². The maximum Gasteiger partial charge on any atom is 0.239 e. The maximum atomic E-state index is 11.4. The van der Waals surface area contributed by atoms with Crippen molar-refractivity contribution < 1.29 is 4.79 Å². The van der Waals surface area contributed by atoms with Gasteiger partial charge < -0.3 is 15.5 Å². The summed E-state index contributed by atoms with van der Waals surface area (Å²) in [6.45, 7) is 3.23. The van der Waals surface area contributed by atoms with Crippen molar-refractivity contribution in [3.63, 3.8) is 0 Å². The highest BCUT2D eigenvalue weighted by Gasteiger charge is 2.18. The monoisotopic (exact) mass is 245 g/mol. The summed E-state index contributed by atoms with van der Waals surface area (Å²) in [7, 11) is 0. The minimum Gasteiger partial charge on any atom is -0.360 e. The summed E-state index contributed by atoms with van der Waals surface area (Å²) in [6, 6.07) is 9.15. The molecule has 1 aromatic rings. The van der Waals surface area contributed by atoms with E-state index in [2.05, 4.69) is 39.8 Å². The lowest BCUT2D eigenvalue weighted by Gasteiger charge is -2.28. The van der Waals surface area contributed by atoms with Crippen LogP contribution in [0.1, 0.15) is 24.4 Å². The number of piperazine rings is 1. The van der Waals surface area contributed by atoms with Gasteiger partial charge in [-0.05, 0) is 37.1 Å². The van der Waals surface area contributed by atoms with Gasteiger partial charge in [0, 0.05) is 24.8 Å². The van der Waals surface area contributed by atoms with E-state index >= 15 is 0 Å². The first kappa shape index (κ1) is 11.5. The first-order chi connectivity index (χ1) is 8.83. The van der Waals surface area contributed by atoms with E-state index < -0.39 is 0 Å². The quantitative estimate of drug-likeness (QED) is 0.818. The van der Waals surface area contributed by atoms with Gasteiger partial charge in [0.25, 0.3) is 0 Å². The van der Waals surface area contributed by atoms with Crippen molar-refractivity contribution in [3.05, 3.63) is 29.8 Å². The van der Waals surface area contributed by atoms with E-state index in [1.165, 1.54) is 18.4 Å². The molecule has 3 rings (SSSR count).